The zero-order valence-corrected chi connectivity index (χ0v) is 16.4. The number of ether oxygens (including phenoxy) is 1. The molecule has 0 amide bonds. The van der Waals surface area contributed by atoms with E-state index in [0.717, 1.165) is 47.8 Å². The number of hydrogen-bond donors (Lipinski definition) is 0. The third-order valence-electron chi connectivity index (χ3n) is 4.08. The van der Waals surface area contributed by atoms with Gasteiger partial charge in [0, 0.05) is 11.6 Å². The van der Waals surface area contributed by atoms with Gasteiger partial charge in [0.1, 0.15) is 29.4 Å². The molecule has 2 aliphatic heterocycles. The number of benzene rings is 1. The maximum Gasteiger partial charge on any atom is 0.197 e. The van der Waals surface area contributed by atoms with E-state index >= 15 is 0 Å². The minimum Gasteiger partial charge on any atom is -0.494 e. The summed E-state index contributed by atoms with van der Waals surface area (Å²) in [5.74, 6) is 1.58. The summed E-state index contributed by atoms with van der Waals surface area (Å²) in [5.41, 5.74) is 3.28. The summed E-state index contributed by atoms with van der Waals surface area (Å²) in [7, 11) is 0. The Morgan fingerprint density at radius 3 is 2.74 bits per heavy atom. The summed E-state index contributed by atoms with van der Waals surface area (Å²) < 4.78 is 13.5. The second-order valence-corrected chi connectivity index (χ2v) is 6.85. The van der Waals surface area contributed by atoms with Gasteiger partial charge in [-0.25, -0.2) is 9.97 Å². The zero-order chi connectivity index (χ0) is 18.6. The topological polar surface area (TPSA) is 78.9 Å². The van der Waals surface area contributed by atoms with E-state index in [1.807, 2.05) is 36.5 Å². The van der Waals surface area contributed by atoms with Gasteiger partial charge >= 0.3 is 0 Å². The summed E-state index contributed by atoms with van der Waals surface area (Å²) in [6, 6.07) is 9.79. The van der Waals surface area contributed by atoms with E-state index in [4.69, 9.17) is 9.26 Å². The predicted octanol–water partition coefficient (Wildman–Crippen LogP) is 4.42. The number of unbranched alkanes of at least 4 members (excludes halogenated alkanes) is 1. The van der Waals surface area contributed by atoms with Crippen molar-refractivity contribution in [1.29, 1.82) is 0 Å². The van der Waals surface area contributed by atoms with Crippen molar-refractivity contribution < 1.29 is 9.26 Å². The van der Waals surface area contributed by atoms with Crippen LogP contribution < -0.4 is 4.74 Å². The maximum atomic E-state index is 5.69. The van der Waals surface area contributed by atoms with E-state index in [1.54, 1.807) is 10.9 Å². The summed E-state index contributed by atoms with van der Waals surface area (Å²) >= 11 is 3.27. The Labute approximate surface area is 164 Å². The number of nitrogens with zero attached hydrogens (tertiary/aromatic N) is 5. The SMILES string of the molecule is CCCCOc1ccc(-c2cc(Cn3cc4nc(Br)nc-4cn3)on2)cc1. The first kappa shape index (κ1) is 17.7. The molecule has 8 heteroatoms. The molecule has 7 nitrogen and oxygen atoms in total. The highest BCUT2D eigenvalue weighted by atomic mass is 79.9. The number of imidazole rings is 1. The average molecular weight is 428 g/mol. The summed E-state index contributed by atoms with van der Waals surface area (Å²) in [5, 5.41) is 8.50. The minimum atomic E-state index is 0.464. The Morgan fingerprint density at radius 2 is 1.93 bits per heavy atom. The van der Waals surface area contributed by atoms with Crippen LogP contribution in [0, 0.1) is 0 Å². The van der Waals surface area contributed by atoms with Crippen LogP contribution in [0.4, 0.5) is 0 Å². The van der Waals surface area contributed by atoms with E-state index in [0.29, 0.717) is 17.0 Å². The summed E-state index contributed by atoms with van der Waals surface area (Å²) in [6.45, 7) is 3.35. The minimum absolute atomic E-state index is 0.464. The van der Waals surface area contributed by atoms with E-state index in [-0.39, 0.29) is 0 Å². The van der Waals surface area contributed by atoms with Crippen LogP contribution in [-0.2, 0) is 6.54 Å². The molecule has 0 radical (unpaired) electrons. The van der Waals surface area contributed by atoms with Gasteiger partial charge in [-0.3, -0.25) is 4.68 Å². The molecule has 3 heterocycles. The smallest absolute Gasteiger partial charge is 0.197 e. The van der Waals surface area contributed by atoms with Crippen molar-refractivity contribution in [2.24, 2.45) is 0 Å². The molecule has 0 saturated heterocycles. The van der Waals surface area contributed by atoms with E-state index in [9.17, 15) is 0 Å². The average Bonchev–Trinajstić information content (AvgIpc) is 3.28. The Balaban J connectivity index is 1.45. The maximum absolute atomic E-state index is 5.69. The van der Waals surface area contributed by atoms with Crippen molar-refractivity contribution in [3.8, 4) is 28.4 Å². The number of aromatic nitrogens is 5. The molecular weight excluding hydrogens is 410 g/mol. The van der Waals surface area contributed by atoms with Crippen molar-refractivity contribution >= 4 is 15.9 Å². The fraction of sp³-hybridized carbons (Fsp3) is 0.263. The van der Waals surface area contributed by atoms with Gasteiger partial charge in [-0.15, -0.1) is 0 Å². The van der Waals surface area contributed by atoms with E-state index in [1.165, 1.54) is 0 Å². The molecule has 4 rings (SSSR count). The van der Waals surface area contributed by atoms with Crippen LogP contribution in [0.25, 0.3) is 22.6 Å². The molecule has 0 spiro atoms. The molecule has 0 fully saturated rings. The van der Waals surface area contributed by atoms with Crippen LogP contribution in [0.5, 0.6) is 5.75 Å². The molecule has 0 unspecified atom stereocenters. The van der Waals surface area contributed by atoms with Gasteiger partial charge in [-0.2, -0.15) is 5.10 Å². The number of hydrogen-bond acceptors (Lipinski definition) is 6. The van der Waals surface area contributed by atoms with Gasteiger partial charge in [-0.1, -0.05) is 18.5 Å². The summed E-state index contributed by atoms with van der Waals surface area (Å²) in [6.07, 6.45) is 5.69. The standard InChI is InChI=1S/C19H18BrN5O2/c1-2-3-8-26-14-6-4-13(5-7-14)16-9-15(27-24-16)11-25-12-18-17(10-21-25)22-19(20)23-18/h4-7,9-10,12H,2-3,8,11H2,1H3. The van der Waals surface area contributed by atoms with Gasteiger partial charge in [-0.05, 0) is 46.6 Å². The van der Waals surface area contributed by atoms with Gasteiger partial charge in [0.25, 0.3) is 0 Å². The molecule has 1 aromatic carbocycles. The zero-order valence-electron chi connectivity index (χ0n) is 14.8. The van der Waals surface area contributed by atoms with E-state index < -0.39 is 0 Å². The second kappa shape index (κ2) is 7.87. The molecule has 138 valence electrons. The van der Waals surface area contributed by atoms with Crippen LogP contribution in [-0.4, -0.2) is 31.5 Å². The lowest BCUT2D eigenvalue weighted by molar-refractivity contribution is 0.309. The fourth-order valence-electron chi connectivity index (χ4n) is 2.66. The van der Waals surface area contributed by atoms with E-state index in [2.05, 4.69) is 43.1 Å². The van der Waals surface area contributed by atoms with Crippen LogP contribution in [0.3, 0.4) is 0 Å². The second-order valence-electron chi connectivity index (χ2n) is 6.14. The lowest BCUT2D eigenvalue weighted by Crippen LogP contribution is -2.04. The molecular formula is C19H18BrN5O2. The molecule has 27 heavy (non-hydrogen) atoms. The van der Waals surface area contributed by atoms with Crippen LogP contribution in [0.1, 0.15) is 25.5 Å². The molecule has 0 aliphatic carbocycles. The molecule has 2 aliphatic rings. The van der Waals surface area contributed by atoms with Crippen LogP contribution in [0.15, 0.2) is 52.0 Å². The Bertz CT molecular complexity index is 996. The molecule has 0 saturated carbocycles. The predicted molar refractivity (Wildman–Crippen MR) is 104 cm³/mol. The largest absolute Gasteiger partial charge is 0.494 e. The van der Waals surface area contributed by atoms with Crippen molar-refractivity contribution in [3.05, 3.63) is 53.2 Å². The highest BCUT2D eigenvalue weighted by Crippen LogP contribution is 2.23. The first-order valence-electron chi connectivity index (χ1n) is 8.76. The fourth-order valence-corrected chi connectivity index (χ4v) is 3.04. The quantitative estimate of drug-likeness (QED) is 0.406. The summed E-state index contributed by atoms with van der Waals surface area (Å²) in [4.78, 5) is 8.51. The van der Waals surface area contributed by atoms with Crippen LogP contribution in [0.2, 0.25) is 0 Å². The van der Waals surface area contributed by atoms with Gasteiger partial charge < -0.3 is 9.26 Å². The van der Waals surface area contributed by atoms with Gasteiger partial charge in [0.05, 0.1) is 19.0 Å². The molecule has 2 aromatic rings. The highest BCUT2D eigenvalue weighted by molar-refractivity contribution is 9.10. The normalized spacial score (nSPS) is 11.2. The number of rotatable bonds is 7. The van der Waals surface area contributed by atoms with Gasteiger partial charge in [0.15, 0.2) is 10.5 Å². The van der Waals surface area contributed by atoms with Crippen LogP contribution >= 0.6 is 15.9 Å². The van der Waals surface area contributed by atoms with Crippen molar-refractivity contribution in [1.82, 2.24) is 24.9 Å². The molecule has 1 aromatic heterocycles. The molecule has 0 bridgehead atoms. The lowest BCUT2D eigenvalue weighted by atomic mass is 10.1. The Hall–Kier alpha value is -2.74. The monoisotopic (exact) mass is 427 g/mol. The first-order valence-corrected chi connectivity index (χ1v) is 9.55. The van der Waals surface area contributed by atoms with Crippen molar-refractivity contribution in [2.45, 2.75) is 26.3 Å². The third kappa shape index (κ3) is 4.16. The number of fused-ring (bicyclic) bond motifs is 1. The molecule has 0 atom stereocenters. The third-order valence-corrected chi connectivity index (χ3v) is 4.44. The van der Waals surface area contributed by atoms with Gasteiger partial charge in [0.2, 0.25) is 0 Å². The first-order chi connectivity index (χ1) is 13.2. The molecule has 0 N–H and O–H groups in total. The Kier molecular flexibility index (Phi) is 5.15. The highest BCUT2D eigenvalue weighted by Gasteiger charge is 2.12. The van der Waals surface area contributed by atoms with Crippen molar-refractivity contribution in [2.75, 3.05) is 6.61 Å². The van der Waals surface area contributed by atoms with Crippen molar-refractivity contribution in [3.63, 3.8) is 0 Å². The lowest BCUT2D eigenvalue weighted by Gasteiger charge is -2.05. The Morgan fingerprint density at radius 1 is 1.11 bits per heavy atom. The number of halogens is 1.